The molecular weight excluding hydrogens is 691 g/mol. The molecule has 6 rings (SSSR count). The van der Waals surface area contributed by atoms with E-state index in [2.05, 4.69) is 5.32 Å². The average molecular weight is 718 g/mol. The smallest absolute Gasteiger partial charge is 0.137 e. The number of aromatic carboxylic acids is 1. The third-order valence-corrected chi connectivity index (χ3v) is 8.99. The van der Waals surface area contributed by atoms with Crippen molar-refractivity contribution in [2.75, 3.05) is 18.5 Å². The van der Waals surface area contributed by atoms with E-state index in [0.29, 0.717) is 51.4 Å². The van der Waals surface area contributed by atoms with Crippen LogP contribution < -0.4 is 25.3 Å². The molecule has 10 nitrogen and oxygen atoms in total. The van der Waals surface area contributed by atoms with Gasteiger partial charge in [0.2, 0.25) is 0 Å². The van der Waals surface area contributed by atoms with E-state index in [-0.39, 0.29) is 44.8 Å². The molecule has 0 aromatic heterocycles. The highest BCUT2D eigenvalue weighted by atomic mass is 35.5. The number of benzene rings is 5. The molecule has 0 saturated heterocycles. The minimum absolute atomic E-state index is 0.0207. The summed E-state index contributed by atoms with van der Waals surface area (Å²) in [6.07, 6.45) is 0. The van der Waals surface area contributed by atoms with E-state index >= 15 is 0 Å². The number of nitrogens with one attached hydrogen (secondary N) is 1. The van der Waals surface area contributed by atoms with Crippen molar-refractivity contribution in [3.63, 3.8) is 0 Å². The fourth-order valence-electron chi connectivity index (χ4n) is 5.45. The van der Waals surface area contributed by atoms with Gasteiger partial charge in [-0.25, -0.2) is 13.4 Å². The number of carboxylic acids is 1. The molecule has 1 aliphatic heterocycles. The van der Waals surface area contributed by atoms with Crippen molar-refractivity contribution < 1.29 is 36.8 Å². The van der Waals surface area contributed by atoms with Gasteiger partial charge in [-0.15, -0.1) is 0 Å². The lowest BCUT2D eigenvalue weighted by atomic mass is 9.90. The number of halogens is 2. The van der Waals surface area contributed by atoms with E-state index in [4.69, 9.17) is 42.1 Å². The molecule has 0 unspecified atom stereocenters. The lowest BCUT2D eigenvalue weighted by molar-refractivity contribution is -0.254. The summed E-state index contributed by atoms with van der Waals surface area (Å²) < 4.78 is 53.7. The molecule has 0 spiro atoms. The Bertz CT molecular complexity index is 2370. The second kappa shape index (κ2) is 13.8. The SMILES string of the molecule is CCOc1ccc(N=c2ccc3c(-c4c(Cl)ccc(Cl)c4C(=O)[O-])c4ccc(Nc5ccc(OCC)cc5S(=O)(=O)[O-])cc4oc-3c2)cc1. The average Bonchev–Trinajstić information content (AvgIpc) is 3.06. The van der Waals surface area contributed by atoms with E-state index < -0.39 is 21.0 Å². The van der Waals surface area contributed by atoms with Crippen molar-refractivity contribution in [3.8, 4) is 33.9 Å². The van der Waals surface area contributed by atoms with Crippen LogP contribution in [0.15, 0.2) is 105 Å². The lowest BCUT2D eigenvalue weighted by Crippen LogP contribution is -2.23. The molecule has 4 aromatic carbocycles. The van der Waals surface area contributed by atoms with Crippen LogP contribution in [0.1, 0.15) is 24.2 Å². The van der Waals surface area contributed by atoms with Gasteiger partial charge in [0.25, 0.3) is 0 Å². The number of carbonyl (C=O) groups excluding carboxylic acids is 1. The second-order valence-corrected chi connectivity index (χ2v) is 12.8. The third-order valence-electron chi connectivity index (χ3n) is 7.48. The monoisotopic (exact) mass is 716 g/mol. The topological polar surface area (TPSA) is 153 Å². The van der Waals surface area contributed by atoms with Crippen LogP contribution in [0, 0.1) is 0 Å². The number of carbonyl (C=O) groups is 1. The van der Waals surface area contributed by atoms with Gasteiger partial charge in [-0.3, -0.25) is 0 Å². The Morgan fingerprint density at radius 3 is 2.22 bits per heavy atom. The first-order chi connectivity index (χ1) is 23.5. The van der Waals surface area contributed by atoms with E-state index in [1.165, 1.54) is 24.3 Å². The molecule has 49 heavy (non-hydrogen) atoms. The quantitative estimate of drug-likeness (QED) is 0.112. The van der Waals surface area contributed by atoms with Crippen LogP contribution in [0.5, 0.6) is 11.5 Å². The number of anilines is 2. The highest BCUT2D eigenvalue weighted by Gasteiger charge is 2.24. The summed E-state index contributed by atoms with van der Waals surface area (Å²) in [4.78, 5) is 16.6. The zero-order valence-electron chi connectivity index (χ0n) is 26.0. The number of hydrogen-bond donors (Lipinski definition) is 1. The minimum atomic E-state index is -4.89. The van der Waals surface area contributed by atoms with Crippen molar-refractivity contribution in [3.05, 3.63) is 112 Å². The minimum Gasteiger partial charge on any atom is -0.744 e. The van der Waals surface area contributed by atoms with Gasteiger partial charge in [-0.1, -0.05) is 23.2 Å². The standard InChI is InChI=1S/C36H28Cl2N2O8S/c1-3-46-23-9-5-20(6-10-23)39-21-7-12-25-30(17-21)48-31-18-22(40-29-16-11-24(47-4-2)19-32(29)49(43,44)45)8-13-26(31)33(25)34-27(37)14-15-28(38)35(34)36(41)42/h5-19,40H,3-4H2,1-2H3,(H,41,42)(H,43,44,45)/p-2. The number of fused-ring (bicyclic) bond motifs is 2. The molecule has 1 aliphatic carbocycles. The Balaban J connectivity index is 1.57. The van der Waals surface area contributed by atoms with Crippen molar-refractivity contribution >= 4 is 67.3 Å². The van der Waals surface area contributed by atoms with Crippen LogP contribution in [-0.2, 0) is 10.1 Å². The maximum Gasteiger partial charge on any atom is 0.137 e. The van der Waals surface area contributed by atoms with Crippen LogP contribution in [-0.4, -0.2) is 32.2 Å². The summed E-state index contributed by atoms with van der Waals surface area (Å²) >= 11 is 13.0. The molecule has 0 saturated carbocycles. The summed E-state index contributed by atoms with van der Waals surface area (Å²) in [6, 6.07) is 24.3. The largest absolute Gasteiger partial charge is 0.744 e. The first-order valence-corrected chi connectivity index (χ1v) is 17.1. The lowest BCUT2D eigenvalue weighted by Gasteiger charge is -2.21. The number of hydrogen-bond acceptors (Lipinski definition) is 10. The maximum absolute atomic E-state index is 12.4. The zero-order chi connectivity index (χ0) is 34.9. The maximum atomic E-state index is 12.4. The summed E-state index contributed by atoms with van der Waals surface area (Å²) in [7, 11) is -4.89. The molecule has 13 heteroatoms. The van der Waals surface area contributed by atoms with E-state index in [1.807, 2.05) is 31.2 Å². The number of carboxylic acid groups (broad SMARTS) is 1. The van der Waals surface area contributed by atoms with Crippen LogP contribution in [0.2, 0.25) is 10.0 Å². The van der Waals surface area contributed by atoms with Crippen molar-refractivity contribution in [1.82, 2.24) is 0 Å². The van der Waals surface area contributed by atoms with Crippen LogP contribution in [0.25, 0.3) is 33.4 Å². The van der Waals surface area contributed by atoms with Crippen molar-refractivity contribution in [2.45, 2.75) is 18.7 Å². The summed E-state index contributed by atoms with van der Waals surface area (Å²) in [6.45, 7) is 4.44. The molecule has 250 valence electrons. The number of ether oxygens (including phenoxy) is 2. The Morgan fingerprint density at radius 1 is 0.837 bits per heavy atom. The second-order valence-electron chi connectivity index (χ2n) is 10.6. The highest BCUT2D eigenvalue weighted by molar-refractivity contribution is 7.86. The Hall–Kier alpha value is -5.07. The van der Waals surface area contributed by atoms with Gasteiger partial charge in [-0.05, 0) is 92.7 Å². The Morgan fingerprint density at radius 2 is 1.53 bits per heavy atom. The number of nitrogens with zero attached hydrogens (tertiary/aromatic N) is 1. The molecule has 2 aliphatic rings. The summed E-state index contributed by atoms with van der Waals surface area (Å²) in [5.74, 6) is -0.258. The van der Waals surface area contributed by atoms with Crippen LogP contribution >= 0.6 is 23.2 Å². The van der Waals surface area contributed by atoms with Gasteiger partial charge >= 0.3 is 0 Å². The molecule has 1 heterocycles. The van der Waals surface area contributed by atoms with Gasteiger partial charge in [0.05, 0.1) is 45.8 Å². The summed E-state index contributed by atoms with van der Waals surface area (Å²) in [5.41, 5.74) is 2.06. The molecule has 0 bridgehead atoms. The molecular formula is C36H26Cl2N2O8S-2. The van der Waals surface area contributed by atoms with E-state index in [1.54, 1.807) is 43.3 Å². The highest BCUT2D eigenvalue weighted by Crippen LogP contribution is 2.46. The molecule has 0 radical (unpaired) electrons. The van der Waals surface area contributed by atoms with Gasteiger partial charge in [-0.2, -0.15) is 0 Å². The Kier molecular flexibility index (Phi) is 9.53. The zero-order valence-corrected chi connectivity index (χ0v) is 28.3. The first kappa shape index (κ1) is 33.8. The molecule has 0 fully saturated rings. The van der Waals surface area contributed by atoms with Crippen LogP contribution in [0.4, 0.5) is 17.1 Å². The van der Waals surface area contributed by atoms with Crippen LogP contribution in [0.3, 0.4) is 0 Å². The predicted octanol–water partition coefficient (Wildman–Crippen LogP) is 7.55. The molecule has 4 aromatic rings. The van der Waals surface area contributed by atoms with Crippen molar-refractivity contribution in [1.29, 1.82) is 0 Å². The number of rotatable bonds is 10. The molecule has 0 atom stereocenters. The molecule has 1 N–H and O–H groups in total. The predicted molar refractivity (Wildman–Crippen MR) is 184 cm³/mol. The molecule has 0 amide bonds. The van der Waals surface area contributed by atoms with E-state index in [0.717, 1.165) is 6.07 Å². The fourth-order valence-corrected chi connectivity index (χ4v) is 6.58. The third kappa shape index (κ3) is 7.06. The van der Waals surface area contributed by atoms with Gasteiger partial charge in [0, 0.05) is 50.5 Å². The first-order valence-electron chi connectivity index (χ1n) is 14.9. The summed E-state index contributed by atoms with van der Waals surface area (Å²) in [5, 5.41) is 16.4. The Labute approximate surface area is 291 Å². The normalized spacial score (nSPS) is 12.0. The van der Waals surface area contributed by atoms with Gasteiger partial charge in [0.15, 0.2) is 0 Å². The van der Waals surface area contributed by atoms with Crippen molar-refractivity contribution in [2.24, 2.45) is 4.99 Å². The van der Waals surface area contributed by atoms with Gasteiger partial charge in [0.1, 0.15) is 33.0 Å². The van der Waals surface area contributed by atoms with E-state index in [9.17, 15) is 22.9 Å². The van der Waals surface area contributed by atoms with Gasteiger partial charge < -0.3 is 33.7 Å². The fraction of sp³-hybridized carbons (Fsp3) is 0.111.